The quantitative estimate of drug-likeness (QED) is 0.712. The van der Waals surface area contributed by atoms with Crippen molar-refractivity contribution in [2.45, 2.75) is 13.1 Å². The Kier molecular flexibility index (Phi) is 3.71. The van der Waals surface area contributed by atoms with Crippen molar-refractivity contribution in [3.8, 4) is 5.75 Å². The van der Waals surface area contributed by atoms with Gasteiger partial charge in [-0.2, -0.15) is 13.2 Å². The molecule has 0 fully saturated rings. The Morgan fingerprint density at radius 1 is 1.17 bits per heavy atom. The summed E-state index contributed by atoms with van der Waals surface area (Å²) in [5.74, 6) is -0.354. The van der Waals surface area contributed by atoms with E-state index in [0.717, 1.165) is 12.1 Å². The van der Waals surface area contributed by atoms with E-state index < -0.39 is 17.6 Å². The number of aromatic hydroxyl groups is 1. The fourth-order valence-electron chi connectivity index (χ4n) is 2.46. The zero-order valence-corrected chi connectivity index (χ0v) is 12.4. The van der Waals surface area contributed by atoms with Gasteiger partial charge in [0, 0.05) is 11.1 Å². The number of hydrogen-bond donors (Lipinski definition) is 2. The molecule has 3 rings (SSSR count). The molecule has 0 aliphatic carbocycles. The van der Waals surface area contributed by atoms with Crippen LogP contribution in [0.25, 0.3) is 11.0 Å². The van der Waals surface area contributed by atoms with Crippen molar-refractivity contribution < 1.29 is 27.5 Å². The molecular weight excluding hydrogens is 323 g/mol. The maximum atomic E-state index is 12.7. The van der Waals surface area contributed by atoms with Crippen LogP contribution in [0.4, 0.5) is 18.9 Å². The first-order chi connectivity index (χ1) is 11.3. The summed E-state index contributed by atoms with van der Waals surface area (Å²) < 4.78 is 43.7. The molecule has 0 aliphatic rings. The first-order valence-electron chi connectivity index (χ1n) is 6.96. The fraction of sp³-hybridized carbons (Fsp3) is 0.118. The van der Waals surface area contributed by atoms with Gasteiger partial charge in [0.25, 0.3) is 5.91 Å². The van der Waals surface area contributed by atoms with Crippen molar-refractivity contribution >= 4 is 22.6 Å². The van der Waals surface area contributed by atoms with Crippen LogP contribution in [-0.2, 0) is 6.18 Å². The lowest BCUT2D eigenvalue weighted by atomic mass is 10.1. The van der Waals surface area contributed by atoms with Crippen molar-refractivity contribution in [2.75, 3.05) is 5.32 Å². The lowest BCUT2D eigenvalue weighted by Gasteiger charge is -2.09. The van der Waals surface area contributed by atoms with E-state index >= 15 is 0 Å². The molecule has 0 bridgehead atoms. The molecule has 0 aliphatic heterocycles. The third kappa shape index (κ3) is 2.92. The number of phenolic OH excluding ortho intramolecular Hbond substituents is 1. The van der Waals surface area contributed by atoms with Gasteiger partial charge >= 0.3 is 6.18 Å². The molecule has 124 valence electrons. The molecule has 1 aromatic heterocycles. The average Bonchev–Trinajstić information content (AvgIpc) is 2.81. The Balaban J connectivity index is 1.96. The molecule has 0 saturated carbocycles. The van der Waals surface area contributed by atoms with E-state index in [1.165, 1.54) is 30.3 Å². The summed E-state index contributed by atoms with van der Waals surface area (Å²) >= 11 is 0. The molecular formula is C17H12F3NO3. The number of alkyl halides is 3. The number of carbonyl (C=O) groups is 1. The normalized spacial score (nSPS) is 11.7. The molecule has 1 amide bonds. The van der Waals surface area contributed by atoms with Gasteiger partial charge in [0.1, 0.15) is 17.1 Å². The van der Waals surface area contributed by atoms with Gasteiger partial charge < -0.3 is 14.8 Å². The van der Waals surface area contributed by atoms with Crippen LogP contribution in [0.5, 0.6) is 5.75 Å². The molecule has 0 saturated heterocycles. The van der Waals surface area contributed by atoms with E-state index in [1.54, 1.807) is 6.92 Å². The number of hydrogen-bond acceptors (Lipinski definition) is 3. The third-order valence-corrected chi connectivity index (χ3v) is 3.52. The summed E-state index contributed by atoms with van der Waals surface area (Å²) in [6, 6.07) is 8.65. The Bertz CT molecular complexity index is 928. The third-order valence-electron chi connectivity index (χ3n) is 3.52. The van der Waals surface area contributed by atoms with Crippen molar-refractivity contribution in [1.29, 1.82) is 0 Å². The monoisotopic (exact) mass is 335 g/mol. The summed E-state index contributed by atoms with van der Waals surface area (Å²) in [7, 11) is 0. The van der Waals surface area contributed by atoms with E-state index in [0.29, 0.717) is 16.7 Å². The molecule has 0 atom stereocenters. The smallest absolute Gasteiger partial charge is 0.416 e. The molecule has 2 aromatic carbocycles. The van der Waals surface area contributed by atoms with Crippen LogP contribution in [0.2, 0.25) is 0 Å². The molecule has 0 radical (unpaired) electrons. The minimum atomic E-state index is -4.50. The second-order valence-corrected chi connectivity index (χ2v) is 5.25. The van der Waals surface area contributed by atoms with Crippen LogP contribution in [-0.4, -0.2) is 11.0 Å². The van der Waals surface area contributed by atoms with Gasteiger partial charge in [0.05, 0.1) is 11.1 Å². The van der Waals surface area contributed by atoms with Gasteiger partial charge in [-0.05, 0) is 43.3 Å². The van der Waals surface area contributed by atoms with Crippen molar-refractivity contribution in [2.24, 2.45) is 0 Å². The van der Waals surface area contributed by atoms with Gasteiger partial charge in [-0.3, -0.25) is 4.79 Å². The molecule has 7 heteroatoms. The first-order valence-corrected chi connectivity index (χ1v) is 6.96. The van der Waals surface area contributed by atoms with Crippen LogP contribution in [0, 0.1) is 6.92 Å². The number of phenols is 1. The minimum Gasteiger partial charge on any atom is -0.508 e. The van der Waals surface area contributed by atoms with Crippen LogP contribution >= 0.6 is 0 Å². The summed E-state index contributed by atoms with van der Waals surface area (Å²) in [6.07, 6.45) is -4.50. The van der Waals surface area contributed by atoms with Crippen molar-refractivity contribution in [3.63, 3.8) is 0 Å². The van der Waals surface area contributed by atoms with Crippen LogP contribution in [0.3, 0.4) is 0 Å². The van der Waals surface area contributed by atoms with Gasteiger partial charge in [0.2, 0.25) is 0 Å². The molecule has 0 spiro atoms. The molecule has 2 N–H and O–H groups in total. The first kappa shape index (κ1) is 15.9. The zero-order valence-electron chi connectivity index (χ0n) is 12.4. The largest absolute Gasteiger partial charge is 0.508 e. The molecule has 0 unspecified atom stereocenters. The van der Waals surface area contributed by atoms with Crippen LogP contribution in [0.15, 0.2) is 46.9 Å². The lowest BCUT2D eigenvalue weighted by molar-refractivity contribution is -0.137. The van der Waals surface area contributed by atoms with E-state index in [1.807, 2.05) is 0 Å². The lowest BCUT2D eigenvalue weighted by Crippen LogP contribution is -2.13. The number of rotatable bonds is 2. The van der Waals surface area contributed by atoms with E-state index in [4.69, 9.17) is 4.42 Å². The number of benzene rings is 2. The number of halogens is 3. The van der Waals surface area contributed by atoms with Gasteiger partial charge in [-0.25, -0.2) is 0 Å². The fourth-order valence-corrected chi connectivity index (χ4v) is 2.46. The molecule has 3 aromatic rings. The summed E-state index contributed by atoms with van der Waals surface area (Å²) in [6.45, 7) is 1.57. The Hall–Kier alpha value is -2.96. The number of aryl methyl sites for hydroxylation is 1. The highest BCUT2D eigenvalue weighted by Gasteiger charge is 2.30. The van der Waals surface area contributed by atoms with E-state index in [9.17, 15) is 23.1 Å². The topological polar surface area (TPSA) is 62.5 Å². The maximum absolute atomic E-state index is 12.7. The number of carbonyl (C=O) groups excluding carboxylic acids is 1. The van der Waals surface area contributed by atoms with Crippen LogP contribution < -0.4 is 5.32 Å². The highest BCUT2D eigenvalue weighted by atomic mass is 19.4. The van der Waals surface area contributed by atoms with E-state index in [-0.39, 0.29) is 17.0 Å². The minimum absolute atomic E-state index is 0.0173. The zero-order chi connectivity index (χ0) is 17.5. The number of amides is 1. The van der Waals surface area contributed by atoms with Gasteiger partial charge in [-0.1, -0.05) is 6.07 Å². The second kappa shape index (κ2) is 5.59. The number of nitrogens with one attached hydrogen (secondary N) is 1. The molecule has 4 nitrogen and oxygen atoms in total. The number of furan rings is 1. The van der Waals surface area contributed by atoms with E-state index in [2.05, 4.69) is 5.32 Å². The van der Waals surface area contributed by atoms with Crippen LogP contribution in [0.1, 0.15) is 21.7 Å². The van der Waals surface area contributed by atoms with Gasteiger partial charge in [0.15, 0.2) is 0 Å². The van der Waals surface area contributed by atoms with Crippen molar-refractivity contribution in [1.82, 2.24) is 0 Å². The Labute approximate surface area is 134 Å². The van der Waals surface area contributed by atoms with Crippen molar-refractivity contribution in [3.05, 3.63) is 59.4 Å². The predicted octanol–water partition coefficient (Wildman–Crippen LogP) is 4.72. The highest BCUT2D eigenvalue weighted by molar-refractivity contribution is 6.13. The molecule has 24 heavy (non-hydrogen) atoms. The Morgan fingerprint density at radius 3 is 2.62 bits per heavy atom. The molecule has 1 heterocycles. The number of anilines is 1. The Morgan fingerprint density at radius 2 is 1.92 bits per heavy atom. The second-order valence-electron chi connectivity index (χ2n) is 5.25. The predicted molar refractivity (Wildman–Crippen MR) is 82.0 cm³/mol. The summed E-state index contributed by atoms with van der Waals surface area (Å²) in [5, 5.41) is 12.4. The maximum Gasteiger partial charge on any atom is 0.416 e. The standard InChI is InChI=1S/C17H12F3NO3/c1-9-15(13-8-12(22)5-6-14(13)24-9)16(23)21-11-4-2-3-10(7-11)17(18,19)20/h2-8,22H,1H3,(H,21,23). The van der Waals surface area contributed by atoms with Gasteiger partial charge in [-0.15, -0.1) is 0 Å². The highest BCUT2D eigenvalue weighted by Crippen LogP contribution is 2.32. The number of fused-ring (bicyclic) bond motifs is 1. The summed E-state index contributed by atoms with van der Waals surface area (Å²) in [5.41, 5.74) is -0.270. The SMILES string of the molecule is Cc1oc2ccc(O)cc2c1C(=O)Nc1cccc(C(F)(F)F)c1. The summed E-state index contributed by atoms with van der Waals surface area (Å²) in [4.78, 5) is 12.4. The average molecular weight is 335 g/mol.